The van der Waals surface area contributed by atoms with Crippen molar-refractivity contribution in [3.8, 4) is 5.75 Å². The summed E-state index contributed by atoms with van der Waals surface area (Å²) >= 11 is 0. The van der Waals surface area contributed by atoms with E-state index < -0.39 is 5.79 Å². The Labute approximate surface area is 164 Å². The van der Waals surface area contributed by atoms with Crippen molar-refractivity contribution in [2.24, 2.45) is 0 Å². The van der Waals surface area contributed by atoms with Gasteiger partial charge in [-0.2, -0.15) is 0 Å². The first-order valence-electron chi connectivity index (χ1n) is 9.83. The van der Waals surface area contributed by atoms with Crippen molar-refractivity contribution in [3.05, 3.63) is 24.3 Å². The number of hydrogen-bond donors (Lipinski definition) is 1. The van der Waals surface area contributed by atoms with Gasteiger partial charge in [0.05, 0.1) is 19.8 Å². The molecule has 1 atom stereocenters. The third-order valence-electron chi connectivity index (χ3n) is 5.27. The normalized spacial score (nSPS) is 23.9. The quantitative estimate of drug-likeness (QED) is 0.786. The molecule has 3 aliphatic rings. The van der Waals surface area contributed by atoms with E-state index in [-0.39, 0.29) is 24.5 Å². The van der Waals surface area contributed by atoms with Crippen molar-refractivity contribution in [1.82, 2.24) is 5.32 Å². The SMILES string of the molecule is O=C(COc1cccc(N2CCCC2=O)c1)NCC1COC2(CCOCC2)O1. The van der Waals surface area contributed by atoms with Gasteiger partial charge in [0.2, 0.25) is 5.91 Å². The van der Waals surface area contributed by atoms with Gasteiger partial charge in [-0.25, -0.2) is 0 Å². The van der Waals surface area contributed by atoms with Gasteiger partial charge in [-0.1, -0.05) is 6.07 Å². The fourth-order valence-electron chi connectivity index (χ4n) is 3.75. The molecule has 1 unspecified atom stereocenters. The number of ether oxygens (including phenoxy) is 4. The van der Waals surface area contributed by atoms with E-state index in [1.54, 1.807) is 17.0 Å². The lowest BCUT2D eigenvalue weighted by Gasteiger charge is -2.31. The molecule has 4 rings (SSSR count). The standard InChI is InChI=1S/C20H26N2O6/c23-18(21-12-17-13-27-20(28-17)6-9-25-10-7-20)14-26-16-4-1-3-15(11-16)22-8-2-5-19(22)24/h1,3-4,11,17H,2,5-10,12-14H2,(H,21,23). The molecule has 0 saturated carbocycles. The Balaban J connectivity index is 1.21. The number of rotatable bonds is 6. The number of anilines is 1. The first kappa shape index (κ1) is 19.2. The summed E-state index contributed by atoms with van der Waals surface area (Å²) in [6.07, 6.45) is 2.72. The molecule has 28 heavy (non-hydrogen) atoms. The van der Waals surface area contributed by atoms with Gasteiger partial charge in [-0.15, -0.1) is 0 Å². The van der Waals surface area contributed by atoms with E-state index in [0.717, 1.165) is 31.5 Å². The third-order valence-corrected chi connectivity index (χ3v) is 5.27. The summed E-state index contributed by atoms with van der Waals surface area (Å²) < 4.78 is 22.7. The van der Waals surface area contributed by atoms with Crippen molar-refractivity contribution >= 4 is 17.5 Å². The zero-order chi connectivity index (χ0) is 19.4. The van der Waals surface area contributed by atoms with E-state index >= 15 is 0 Å². The van der Waals surface area contributed by atoms with E-state index in [1.807, 2.05) is 12.1 Å². The highest BCUT2D eigenvalue weighted by molar-refractivity contribution is 5.95. The van der Waals surface area contributed by atoms with Gasteiger partial charge in [0.25, 0.3) is 5.91 Å². The second-order valence-corrected chi connectivity index (χ2v) is 7.31. The van der Waals surface area contributed by atoms with E-state index in [4.69, 9.17) is 18.9 Å². The third kappa shape index (κ3) is 4.45. The molecular formula is C20H26N2O6. The summed E-state index contributed by atoms with van der Waals surface area (Å²) in [5.74, 6) is -0.0819. The summed E-state index contributed by atoms with van der Waals surface area (Å²) in [6, 6.07) is 7.27. The minimum Gasteiger partial charge on any atom is -0.484 e. The van der Waals surface area contributed by atoms with E-state index in [9.17, 15) is 9.59 Å². The van der Waals surface area contributed by atoms with Gasteiger partial charge in [-0.05, 0) is 18.6 Å². The highest BCUT2D eigenvalue weighted by Crippen LogP contribution is 2.33. The fraction of sp³-hybridized carbons (Fsp3) is 0.600. The number of hydrogen-bond acceptors (Lipinski definition) is 6. The Morgan fingerprint density at radius 2 is 2.18 bits per heavy atom. The molecule has 0 radical (unpaired) electrons. The average Bonchev–Trinajstić information content (AvgIpc) is 3.32. The summed E-state index contributed by atoms with van der Waals surface area (Å²) in [5, 5.41) is 2.83. The summed E-state index contributed by atoms with van der Waals surface area (Å²) in [6.45, 7) is 2.74. The number of benzene rings is 1. The molecule has 3 fully saturated rings. The largest absolute Gasteiger partial charge is 0.484 e. The van der Waals surface area contributed by atoms with Gasteiger partial charge in [-0.3, -0.25) is 9.59 Å². The van der Waals surface area contributed by atoms with Gasteiger partial charge < -0.3 is 29.2 Å². The van der Waals surface area contributed by atoms with Crippen molar-refractivity contribution in [3.63, 3.8) is 0 Å². The van der Waals surface area contributed by atoms with E-state index in [2.05, 4.69) is 5.32 Å². The zero-order valence-corrected chi connectivity index (χ0v) is 15.9. The maximum Gasteiger partial charge on any atom is 0.258 e. The van der Waals surface area contributed by atoms with E-state index in [1.165, 1.54) is 0 Å². The molecule has 2 amide bonds. The molecule has 0 bridgehead atoms. The topological polar surface area (TPSA) is 86.3 Å². The van der Waals surface area contributed by atoms with Crippen LogP contribution in [0.3, 0.4) is 0 Å². The molecule has 3 heterocycles. The molecule has 0 aromatic heterocycles. The Bertz CT molecular complexity index is 718. The highest BCUT2D eigenvalue weighted by Gasteiger charge is 2.42. The lowest BCUT2D eigenvalue weighted by molar-refractivity contribution is -0.210. The fourth-order valence-corrected chi connectivity index (χ4v) is 3.75. The summed E-state index contributed by atoms with van der Waals surface area (Å²) in [7, 11) is 0. The molecule has 3 saturated heterocycles. The van der Waals surface area contributed by atoms with Crippen LogP contribution >= 0.6 is 0 Å². The van der Waals surface area contributed by atoms with Crippen LogP contribution in [-0.2, 0) is 23.8 Å². The lowest BCUT2D eigenvalue weighted by Crippen LogP contribution is -2.40. The highest BCUT2D eigenvalue weighted by atomic mass is 16.7. The van der Waals surface area contributed by atoms with Crippen LogP contribution in [-0.4, -0.2) is 63.2 Å². The van der Waals surface area contributed by atoms with Crippen LogP contribution in [0.4, 0.5) is 5.69 Å². The van der Waals surface area contributed by atoms with Crippen LogP contribution < -0.4 is 15.0 Å². The minimum atomic E-state index is -0.544. The van der Waals surface area contributed by atoms with Crippen molar-refractivity contribution in [2.45, 2.75) is 37.6 Å². The van der Waals surface area contributed by atoms with Crippen molar-refractivity contribution < 1.29 is 28.5 Å². The zero-order valence-electron chi connectivity index (χ0n) is 15.9. The van der Waals surface area contributed by atoms with Crippen molar-refractivity contribution in [2.75, 3.05) is 44.4 Å². The Morgan fingerprint density at radius 1 is 1.32 bits per heavy atom. The van der Waals surface area contributed by atoms with Crippen LogP contribution in [0.5, 0.6) is 5.75 Å². The number of carbonyl (C=O) groups is 2. The van der Waals surface area contributed by atoms with Crippen LogP contribution in [0.2, 0.25) is 0 Å². The molecule has 1 spiro atoms. The van der Waals surface area contributed by atoms with Gasteiger partial charge in [0, 0.05) is 44.1 Å². The molecular weight excluding hydrogens is 364 g/mol. The molecule has 1 N–H and O–H groups in total. The van der Waals surface area contributed by atoms with Crippen LogP contribution in [0.15, 0.2) is 24.3 Å². The van der Waals surface area contributed by atoms with Crippen LogP contribution in [0.1, 0.15) is 25.7 Å². The van der Waals surface area contributed by atoms with Crippen LogP contribution in [0.25, 0.3) is 0 Å². The molecule has 1 aromatic carbocycles. The second kappa shape index (κ2) is 8.46. The van der Waals surface area contributed by atoms with Crippen molar-refractivity contribution in [1.29, 1.82) is 0 Å². The smallest absolute Gasteiger partial charge is 0.258 e. The first-order chi connectivity index (χ1) is 13.6. The second-order valence-electron chi connectivity index (χ2n) is 7.31. The predicted octanol–water partition coefficient (Wildman–Crippen LogP) is 1.23. The number of carbonyl (C=O) groups excluding carboxylic acids is 2. The molecule has 1 aromatic rings. The summed E-state index contributed by atoms with van der Waals surface area (Å²) in [4.78, 5) is 25.7. The molecule has 8 heteroatoms. The molecule has 3 aliphatic heterocycles. The molecule has 152 valence electrons. The Morgan fingerprint density at radius 3 is 2.96 bits per heavy atom. The maximum atomic E-state index is 12.1. The first-order valence-corrected chi connectivity index (χ1v) is 9.83. The predicted molar refractivity (Wildman–Crippen MR) is 100 cm³/mol. The maximum absolute atomic E-state index is 12.1. The van der Waals surface area contributed by atoms with Gasteiger partial charge in [0.15, 0.2) is 12.4 Å². The van der Waals surface area contributed by atoms with Crippen LogP contribution in [0, 0.1) is 0 Å². The number of amides is 2. The number of nitrogens with one attached hydrogen (secondary N) is 1. The molecule has 0 aliphatic carbocycles. The summed E-state index contributed by atoms with van der Waals surface area (Å²) in [5.41, 5.74) is 0.804. The van der Waals surface area contributed by atoms with E-state index in [0.29, 0.717) is 38.5 Å². The Kier molecular flexibility index (Phi) is 5.79. The van der Waals surface area contributed by atoms with Gasteiger partial charge >= 0.3 is 0 Å². The lowest BCUT2D eigenvalue weighted by atomic mass is 10.1. The average molecular weight is 390 g/mol. The Hall–Kier alpha value is -2.16. The van der Waals surface area contributed by atoms with Gasteiger partial charge in [0.1, 0.15) is 11.9 Å². The number of nitrogens with zero attached hydrogens (tertiary/aromatic N) is 1. The monoisotopic (exact) mass is 390 g/mol. The molecule has 8 nitrogen and oxygen atoms in total. The minimum absolute atomic E-state index is 0.0933.